The number of aromatic amines is 1. The highest BCUT2D eigenvalue weighted by Gasteiger charge is 2.06. The number of carbonyl (C=O) groups is 1. The van der Waals surface area contributed by atoms with Crippen molar-refractivity contribution in [2.75, 3.05) is 6.54 Å². The Balaban J connectivity index is 1.46. The van der Waals surface area contributed by atoms with Crippen LogP contribution < -0.4 is 5.32 Å². The summed E-state index contributed by atoms with van der Waals surface area (Å²) in [6.45, 7) is 0.651. The molecule has 118 valence electrons. The predicted molar refractivity (Wildman–Crippen MR) is 92.8 cm³/mol. The number of unbranched alkanes of at least 4 members (excludes halogenated alkanes) is 1. The molecule has 3 rings (SSSR count). The monoisotopic (exact) mass is 327 g/mol. The van der Waals surface area contributed by atoms with Crippen molar-refractivity contribution in [2.45, 2.75) is 19.3 Å². The summed E-state index contributed by atoms with van der Waals surface area (Å²) in [6.07, 6.45) is 6.54. The summed E-state index contributed by atoms with van der Waals surface area (Å²) in [5.74, 6) is -0.121. The van der Waals surface area contributed by atoms with Gasteiger partial charge in [0.25, 0.3) is 5.91 Å². The molecule has 1 aromatic carbocycles. The summed E-state index contributed by atoms with van der Waals surface area (Å²) < 4.78 is 0. The Morgan fingerprint density at radius 3 is 2.96 bits per heavy atom. The van der Waals surface area contributed by atoms with E-state index in [0.717, 1.165) is 29.8 Å². The Morgan fingerprint density at radius 2 is 2.13 bits per heavy atom. The molecule has 1 amide bonds. The van der Waals surface area contributed by atoms with E-state index < -0.39 is 0 Å². The number of nitrogens with zero attached hydrogens (tertiary/aromatic N) is 1. The molecule has 2 heterocycles. The second-order valence-corrected chi connectivity index (χ2v) is 5.87. The van der Waals surface area contributed by atoms with Crippen molar-refractivity contribution in [2.24, 2.45) is 0 Å². The van der Waals surface area contributed by atoms with Gasteiger partial charge in [-0.05, 0) is 55.2 Å². The fourth-order valence-corrected chi connectivity index (χ4v) is 2.76. The van der Waals surface area contributed by atoms with Gasteiger partial charge in [0.1, 0.15) is 5.69 Å². The Kier molecular flexibility index (Phi) is 4.93. The van der Waals surface area contributed by atoms with Crippen molar-refractivity contribution in [3.63, 3.8) is 0 Å². The van der Waals surface area contributed by atoms with Crippen LogP contribution in [0.2, 0.25) is 5.02 Å². The van der Waals surface area contributed by atoms with Crippen LogP contribution in [0.4, 0.5) is 0 Å². The quantitative estimate of drug-likeness (QED) is 0.673. The van der Waals surface area contributed by atoms with E-state index in [0.29, 0.717) is 12.2 Å². The molecule has 5 heteroatoms. The van der Waals surface area contributed by atoms with Crippen LogP contribution in [0.1, 0.15) is 28.9 Å². The van der Waals surface area contributed by atoms with Gasteiger partial charge in [-0.1, -0.05) is 17.7 Å². The number of fused-ring (bicyclic) bond motifs is 1. The largest absolute Gasteiger partial charge is 0.361 e. The van der Waals surface area contributed by atoms with E-state index in [1.54, 1.807) is 18.3 Å². The van der Waals surface area contributed by atoms with Crippen LogP contribution in [0.5, 0.6) is 0 Å². The number of aromatic nitrogens is 2. The van der Waals surface area contributed by atoms with E-state index in [-0.39, 0.29) is 5.91 Å². The molecule has 0 spiro atoms. The van der Waals surface area contributed by atoms with Gasteiger partial charge < -0.3 is 10.3 Å². The smallest absolute Gasteiger partial charge is 0.269 e. The van der Waals surface area contributed by atoms with Gasteiger partial charge in [-0.3, -0.25) is 9.78 Å². The number of halogens is 1. The number of aryl methyl sites for hydroxylation is 1. The van der Waals surface area contributed by atoms with Gasteiger partial charge in [-0.15, -0.1) is 0 Å². The fraction of sp³-hybridized carbons (Fsp3) is 0.222. The number of nitrogens with one attached hydrogen (secondary N) is 2. The number of hydrogen-bond donors (Lipinski definition) is 2. The lowest BCUT2D eigenvalue weighted by atomic mass is 10.1. The number of carbonyl (C=O) groups excluding carboxylic acids is 1. The van der Waals surface area contributed by atoms with Crippen LogP contribution in [-0.2, 0) is 6.42 Å². The first-order valence-electron chi connectivity index (χ1n) is 7.69. The van der Waals surface area contributed by atoms with Crippen molar-refractivity contribution >= 4 is 28.4 Å². The summed E-state index contributed by atoms with van der Waals surface area (Å²) in [5, 5.41) is 4.82. The van der Waals surface area contributed by atoms with E-state index in [2.05, 4.69) is 15.3 Å². The summed E-state index contributed by atoms with van der Waals surface area (Å²) in [7, 11) is 0. The molecule has 2 N–H and O–H groups in total. The third-order valence-electron chi connectivity index (χ3n) is 3.79. The highest BCUT2D eigenvalue weighted by atomic mass is 35.5. The van der Waals surface area contributed by atoms with Gasteiger partial charge in [0, 0.05) is 34.9 Å². The van der Waals surface area contributed by atoms with E-state index in [1.807, 2.05) is 30.5 Å². The number of hydrogen-bond acceptors (Lipinski definition) is 2. The molecule has 3 aromatic rings. The van der Waals surface area contributed by atoms with Gasteiger partial charge in [-0.25, -0.2) is 0 Å². The van der Waals surface area contributed by atoms with Crippen LogP contribution in [-0.4, -0.2) is 22.4 Å². The summed E-state index contributed by atoms with van der Waals surface area (Å²) in [5.41, 5.74) is 2.82. The Hall–Kier alpha value is -2.33. The zero-order chi connectivity index (χ0) is 16.1. The van der Waals surface area contributed by atoms with E-state index in [4.69, 9.17) is 11.6 Å². The zero-order valence-corrected chi connectivity index (χ0v) is 13.4. The van der Waals surface area contributed by atoms with Crippen LogP contribution in [0.3, 0.4) is 0 Å². The minimum absolute atomic E-state index is 0.121. The molecule has 0 radical (unpaired) electrons. The normalized spacial score (nSPS) is 10.8. The van der Waals surface area contributed by atoms with Crippen LogP contribution >= 0.6 is 11.6 Å². The number of rotatable bonds is 6. The summed E-state index contributed by atoms with van der Waals surface area (Å²) in [6, 6.07) is 11.2. The first-order chi connectivity index (χ1) is 11.2. The van der Waals surface area contributed by atoms with Crippen molar-refractivity contribution in [3.05, 3.63) is 65.1 Å². The summed E-state index contributed by atoms with van der Waals surface area (Å²) in [4.78, 5) is 19.1. The molecule has 0 aliphatic rings. The third kappa shape index (κ3) is 3.90. The Bertz CT molecular complexity index is 798. The maximum Gasteiger partial charge on any atom is 0.269 e. The minimum atomic E-state index is -0.121. The molecule has 0 bridgehead atoms. The van der Waals surface area contributed by atoms with Gasteiger partial charge in [0.05, 0.1) is 0 Å². The lowest BCUT2D eigenvalue weighted by Gasteiger charge is -2.04. The summed E-state index contributed by atoms with van der Waals surface area (Å²) >= 11 is 6.06. The number of benzene rings is 1. The molecule has 2 aromatic heterocycles. The van der Waals surface area contributed by atoms with Crippen LogP contribution in [0.15, 0.2) is 48.8 Å². The Labute approximate surface area is 139 Å². The maximum atomic E-state index is 11.9. The van der Waals surface area contributed by atoms with E-state index in [9.17, 15) is 4.79 Å². The first kappa shape index (κ1) is 15.6. The second kappa shape index (κ2) is 7.29. The minimum Gasteiger partial charge on any atom is -0.361 e. The highest BCUT2D eigenvalue weighted by Crippen LogP contribution is 2.23. The van der Waals surface area contributed by atoms with Gasteiger partial charge in [0.2, 0.25) is 0 Å². The molecular formula is C18H18ClN3O. The number of pyridine rings is 1. The third-order valence-corrected chi connectivity index (χ3v) is 4.02. The molecule has 0 fully saturated rings. The average Bonchev–Trinajstić information content (AvgIpc) is 2.97. The number of amides is 1. The molecule has 4 nitrogen and oxygen atoms in total. The van der Waals surface area contributed by atoms with Crippen molar-refractivity contribution in [1.29, 1.82) is 0 Å². The molecule has 0 saturated carbocycles. The van der Waals surface area contributed by atoms with Gasteiger partial charge >= 0.3 is 0 Å². The zero-order valence-electron chi connectivity index (χ0n) is 12.7. The molecule has 0 aliphatic heterocycles. The molecule has 0 unspecified atom stereocenters. The average molecular weight is 328 g/mol. The second-order valence-electron chi connectivity index (χ2n) is 5.43. The first-order valence-corrected chi connectivity index (χ1v) is 8.06. The SMILES string of the molecule is O=C(NCCCCc1c[nH]c2ccc(Cl)cc12)c1ccccn1. The van der Waals surface area contributed by atoms with Gasteiger partial charge in [-0.2, -0.15) is 0 Å². The van der Waals surface area contributed by atoms with Crippen molar-refractivity contribution in [1.82, 2.24) is 15.3 Å². The molecule has 0 saturated heterocycles. The van der Waals surface area contributed by atoms with Gasteiger partial charge in [0.15, 0.2) is 0 Å². The lowest BCUT2D eigenvalue weighted by molar-refractivity contribution is 0.0948. The molecule has 23 heavy (non-hydrogen) atoms. The van der Waals surface area contributed by atoms with Crippen LogP contribution in [0, 0.1) is 0 Å². The molecule has 0 atom stereocenters. The predicted octanol–water partition coefficient (Wildman–Crippen LogP) is 3.97. The molecule has 0 aliphatic carbocycles. The topological polar surface area (TPSA) is 57.8 Å². The maximum absolute atomic E-state index is 11.9. The van der Waals surface area contributed by atoms with Crippen LogP contribution in [0.25, 0.3) is 10.9 Å². The number of H-pyrrole nitrogens is 1. The molecular weight excluding hydrogens is 310 g/mol. The fourth-order valence-electron chi connectivity index (χ4n) is 2.59. The Morgan fingerprint density at radius 1 is 1.22 bits per heavy atom. The van der Waals surface area contributed by atoms with E-state index >= 15 is 0 Å². The standard InChI is InChI=1S/C18H18ClN3O/c19-14-7-8-16-15(11-14)13(12-22-16)5-1-3-10-21-18(23)17-6-2-4-9-20-17/h2,4,6-9,11-12,22H,1,3,5,10H2,(H,21,23). The highest BCUT2D eigenvalue weighted by molar-refractivity contribution is 6.31. The van der Waals surface area contributed by atoms with Crippen molar-refractivity contribution in [3.8, 4) is 0 Å². The van der Waals surface area contributed by atoms with Crippen molar-refractivity contribution < 1.29 is 4.79 Å². The van der Waals surface area contributed by atoms with E-state index in [1.165, 1.54) is 10.9 Å². The lowest BCUT2D eigenvalue weighted by Crippen LogP contribution is -2.25.